The van der Waals surface area contributed by atoms with Crippen LogP contribution >= 0.6 is 11.3 Å². The summed E-state index contributed by atoms with van der Waals surface area (Å²) in [6, 6.07) is 6.18. The number of hydrogen-bond donors (Lipinski definition) is 1. The van der Waals surface area contributed by atoms with Crippen molar-refractivity contribution in [2.45, 2.75) is 32.6 Å². The van der Waals surface area contributed by atoms with E-state index in [0.29, 0.717) is 6.42 Å². The lowest BCUT2D eigenvalue weighted by Crippen LogP contribution is -2.18. The van der Waals surface area contributed by atoms with E-state index in [-0.39, 0.29) is 5.91 Å². The van der Waals surface area contributed by atoms with E-state index in [1.165, 1.54) is 10.6 Å². The normalized spacial score (nSPS) is 14.1. The van der Waals surface area contributed by atoms with Gasteiger partial charge in [0.25, 0.3) is 0 Å². The number of nitrogens with zero attached hydrogens (tertiary/aromatic N) is 1. The third-order valence-electron chi connectivity index (χ3n) is 3.31. The molecule has 3 nitrogen and oxygen atoms in total. The Bertz CT molecular complexity index is 618. The largest absolute Gasteiger partial charge is 0.326 e. The Morgan fingerprint density at radius 2 is 2.26 bits per heavy atom. The average molecular weight is 272 g/mol. The topological polar surface area (TPSA) is 42.0 Å². The van der Waals surface area contributed by atoms with Crippen LogP contribution in [-0.4, -0.2) is 10.9 Å². The Labute approximate surface area is 116 Å². The first-order valence-corrected chi connectivity index (χ1v) is 7.52. The predicted octanol–water partition coefficient (Wildman–Crippen LogP) is 3.65. The second-order valence-electron chi connectivity index (χ2n) is 4.80. The Hall–Kier alpha value is -1.68. The second kappa shape index (κ2) is 5.13. The molecule has 1 aliphatic rings. The number of aromatic nitrogens is 1. The number of rotatable bonds is 3. The number of anilines is 1. The third kappa shape index (κ3) is 2.54. The van der Waals surface area contributed by atoms with Crippen LogP contribution in [0, 0.1) is 0 Å². The SMILES string of the molecule is CCCc1nc(-c2ccc3c(c2)CCC(=O)N3)cs1. The van der Waals surface area contributed by atoms with Crippen molar-refractivity contribution in [3.8, 4) is 11.3 Å². The summed E-state index contributed by atoms with van der Waals surface area (Å²) in [6.07, 6.45) is 3.57. The van der Waals surface area contributed by atoms with Crippen molar-refractivity contribution in [2.24, 2.45) is 0 Å². The molecule has 1 amide bonds. The first kappa shape index (κ1) is 12.4. The Morgan fingerprint density at radius 1 is 1.37 bits per heavy atom. The zero-order valence-electron chi connectivity index (χ0n) is 10.9. The highest BCUT2D eigenvalue weighted by Crippen LogP contribution is 2.29. The van der Waals surface area contributed by atoms with Gasteiger partial charge in [0.1, 0.15) is 0 Å². The fourth-order valence-corrected chi connectivity index (χ4v) is 3.22. The maximum absolute atomic E-state index is 11.3. The van der Waals surface area contributed by atoms with Gasteiger partial charge in [-0.3, -0.25) is 4.79 Å². The maximum Gasteiger partial charge on any atom is 0.224 e. The van der Waals surface area contributed by atoms with Gasteiger partial charge < -0.3 is 5.32 Å². The van der Waals surface area contributed by atoms with E-state index in [1.807, 2.05) is 12.1 Å². The lowest BCUT2D eigenvalue weighted by Gasteiger charge is -2.17. The number of carbonyl (C=O) groups excluding carboxylic acids is 1. The molecule has 3 rings (SSSR count). The molecule has 2 aromatic rings. The monoisotopic (exact) mass is 272 g/mol. The van der Waals surface area contributed by atoms with Crippen LogP contribution in [0.3, 0.4) is 0 Å². The number of aryl methyl sites for hydroxylation is 2. The van der Waals surface area contributed by atoms with Crippen molar-refractivity contribution in [1.29, 1.82) is 0 Å². The van der Waals surface area contributed by atoms with Crippen molar-refractivity contribution < 1.29 is 4.79 Å². The number of amides is 1. The minimum absolute atomic E-state index is 0.110. The van der Waals surface area contributed by atoms with Gasteiger partial charge in [0.05, 0.1) is 10.7 Å². The minimum Gasteiger partial charge on any atom is -0.326 e. The Morgan fingerprint density at radius 3 is 3.11 bits per heavy atom. The molecular formula is C15H16N2OS. The zero-order valence-corrected chi connectivity index (χ0v) is 11.7. The molecule has 0 spiro atoms. The van der Waals surface area contributed by atoms with Crippen LogP contribution in [0.1, 0.15) is 30.3 Å². The van der Waals surface area contributed by atoms with Crippen LogP contribution in [0.4, 0.5) is 5.69 Å². The van der Waals surface area contributed by atoms with Crippen LogP contribution in [0.25, 0.3) is 11.3 Å². The molecule has 0 saturated carbocycles. The summed E-state index contributed by atoms with van der Waals surface area (Å²) in [5.74, 6) is 0.110. The zero-order chi connectivity index (χ0) is 13.2. The van der Waals surface area contributed by atoms with E-state index >= 15 is 0 Å². The molecule has 0 radical (unpaired) electrons. The Kier molecular flexibility index (Phi) is 3.34. The van der Waals surface area contributed by atoms with Crippen molar-refractivity contribution in [2.75, 3.05) is 5.32 Å². The highest BCUT2D eigenvalue weighted by molar-refractivity contribution is 7.09. The van der Waals surface area contributed by atoms with Crippen LogP contribution < -0.4 is 5.32 Å². The van der Waals surface area contributed by atoms with Crippen LogP contribution in [0.15, 0.2) is 23.6 Å². The average Bonchev–Trinajstić information content (AvgIpc) is 2.87. The van der Waals surface area contributed by atoms with Gasteiger partial charge in [0, 0.05) is 23.1 Å². The van der Waals surface area contributed by atoms with Crippen LogP contribution in [0.2, 0.25) is 0 Å². The van der Waals surface area contributed by atoms with E-state index in [2.05, 4.69) is 28.7 Å². The number of benzene rings is 1. The lowest BCUT2D eigenvalue weighted by molar-refractivity contribution is -0.116. The molecule has 1 aliphatic heterocycles. The summed E-state index contributed by atoms with van der Waals surface area (Å²) in [4.78, 5) is 16.0. The molecule has 0 aliphatic carbocycles. The molecule has 98 valence electrons. The van der Waals surface area contributed by atoms with E-state index in [0.717, 1.165) is 36.2 Å². The van der Waals surface area contributed by atoms with E-state index in [4.69, 9.17) is 0 Å². The molecule has 1 aromatic carbocycles. The summed E-state index contributed by atoms with van der Waals surface area (Å²) in [5.41, 5.74) is 4.35. The van der Waals surface area contributed by atoms with Crippen molar-refractivity contribution >= 4 is 22.9 Å². The number of carbonyl (C=O) groups is 1. The Balaban J connectivity index is 1.90. The minimum atomic E-state index is 0.110. The number of nitrogens with one attached hydrogen (secondary N) is 1. The van der Waals surface area contributed by atoms with Gasteiger partial charge >= 0.3 is 0 Å². The van der Waals surface area contributed by atoms with Gasteiger partial charge in [-0.15, -0.1) is 11.3 Å². The molecule has 19 heavy (non-hydrogen) atoms. The molecule has 2 heterocycles. The summed E-state index contributed by atoms with van der Waals surface area (Å²) in [6.45, 7) is 2.17. The van der Waals surface area contributed by atoms with Crippen molar-refractivity contribution in [3.05, 3.63) is 34.2 Å². The van der Waals surface area contributed by atoms with E-state index in [1.54, 1.807) is 11.3 Å². The first-order chi connectivity index (χ1) is 9.26. The molecule has 0 fully saturated rings. The predicted molar refractivity (Wildman–Crippen MR) is 78.5 cm³/mol. The fraction of sp³-hybridized carbons (Fsp3) is 0.333. The van der Waals surface area contributed by atoms with E-state index in [9.17, 15) is 4.79 Å². The number of hydrogen-bond acceptors (Lipinski definition) is 3. The van der Waals surface area contributed by atoms with E-state index < -0.39 is 0 Å². The summed E-state index contributed by atoms with van der Waals surface area (Å²) >= 11 is 1.73. The standard InChI is InChI=1S/C15H16N2OS/c1-2-3-15-17-13(9-19-15)11-4-6-12-10(8-11)5-7-14(18)16-12/h4,6,8-9H,2-3,5,7H2,1H3,(H,16,18). The summed E-state index contributed by atoms with van der Waals surface area (Å²) < 4.78 is 0. The first-order valence-electron chi connectivity index (χ1n) is 6.64. The number of thiazole rings is 1. The molecule has 0 saturated heterocycles. The molecule has 0 atom stereocenters. The van der Waals surface area contributed by atoms with Crippen molar-refractivity contribution in [3.63, 3.8) is 0 Å². The molecule has 1 N–H and O–H groups in total. The molecule has 0 unspecified atom stereocenters. The summed E-state index contributed by atoms with van der Waals surface area (Å²) in [7, 11) is 0. The van der Waals surface area contributed by atoms with Gasteiger partial charge in [0.2, 0.25) is 5.91 Å². The highest BCUT2D eigenvalue weighted by Gasteiger charge is 2.15. The highest BCUT2D eigenvalue weighted by atomic mass is 32.1. The quantitative estimate of drug-likeness (QED) is 0.926. The fourth-order valence-electron chi connectivity index (χ4n) is 2.31. The van der Waals surface area contributed by atoms with Gasteiger partial charge in [-0.25, -0.2) is 4.98 Å². The molecular weight excluding hydrogens is 256 g/mol. The van der Waals surface area contributed by atoms with Gasteiger partial charge in [-0.05, 0) is 37.0 Å². The third-order valence-corrected chi connectivity index (χ3v) is 4.22. The van der Waals surface area contributed by atoms with Gasteiger partial charge in [-0.1, -0.05) is 13.0 Å². The molecule has 4 heteroatoms. The smallest absolute Gasteiger partial charge is 0.224 e. The molecule has 0 bridgehead atoms. The van der Waals surface area contributed by atoms with Gasteiger partial charge in [-0.2, -0.15) is 0 Å². The van der Waals surface area contributed by atoms with Crippen molar-refractivity contribution in [1.82, 2.24) is 4.98 Å². The molecule has 1 aromatic heterocycles. The maximum atomic E-state index is 11.3. The number of fused-ring (bicyclic) bond motifs is 1. The van der Waals surface area contributed by atoms with Crippen LogP contribution in [0.5, 0.6) is 0 Å². The lowest BCUT2D eigenvalue weighted by atomic mass is 9.99. The summed E-state index contributed by atoms with van der Waals surface area (Å²) in [5, 5.41) is 6.22. The second-order valence-corrected chi connectivity index (χ2v) is 5.74. The van der Waals surface area contributed by atoms with Crippen LogP contribution in [-0.2, 0) is 17.6 Å². The van der Waals surface area contributed by atoms with Gasteiger partial charge in [0.15, 0.2) is 0 Å².